The van der Waals surface area contributed by atoms with Gasteiger partial charge in [-0.15, -0.1) is 0 Å². The van der Waals surface area contributed by atoms with Crippen molar-refractivity contribution in [2.24, 2.45) is 5.92 Å². The number of hydrogen-bond acceptors (Lipinski definition) is 3. The summed E-state index contributed by atoms with van der Waals surface area (Å²) in [6, 6.07) is 6.22. The summed E-state index contributed by atoms with van der Waals surface area (Å²) in [6.07, 6.45) is -3.77. The van der Waals surface area contributed by atoms with E-state index >= 15 is 0 Å². The lowest BCUT2D eigenvalue weighted by Gasteiger charge is -2.43. The second-order valence-electron chi connectivity index (χ2n) is 5.54. The predicted molar refractivity (Wildman–Crippen MR) is 73.9 cm³/mol. The molecule has 1 N–H and O–H groups in total. The highest BCUT2D eigenvalue weighted by Gasteiger charge is 2.38. The summed E-state index contributed by atoms with van der Waals surface area (Å²) >= 11 is 0. The fraction of sp³-hybridized carbons (Fsp3) is 0.571. The maximum Gasteiger partial charge on any atom is 0.403 e. The predicted octanol–water partition coefficient (Wildman–Crippen LogP) is 2.73. The fourth-order valence-corrected chi connectivity index (χ4v) is 3.98. The first kappa shape index (κ1) is 16.3. The van der Waals surface area contributed by atoms with Crippen molar-refractivity contribution in [2.75, 3.05) is 12.8 Å². The Morgan fingerprint density at radius 2 is 1.81 bits per heavy atom. The molecule has 0 radical (unpaired) electrons. The molecule has 0 saturated heterocycles. The third-order valence-electron chi connectivity index (χ3n) is 4.17. The largest absolute Gasteiger partial charge is 0.403 e. The van der Waals surface area contributed by atoms with Gasteiger partial charge in [0.1, 0.15) is 0 Å². The number of hydrogen-bond donors (Lipinski definition) is 1. The van der Waals surface area contributed by atoms with E-state index in [2.05, 4.69) is 12.2 Å². The molecule has 1 saturated carbocycles. The van der Waals surface area contributed by atoms with E-state index in [1.54, 1.807) is 12.1 Å². The Balaban J connectivity index is 2.13. The van der Waals surface area contributed by atoms with Crippen LogP contribution in [-0.2, 0) is 9.84 Å². The minimum atomic E-state index is -4.72. The summed E-state index contributed by atoms with van der Waals surface area (Å²) in [5.41, 5.74) is 0.972. The van der Waals surface area contributed by atoms with Crippen LogP contribution in [0.4, 0.5) is 13.2 Å². The SMILES string of the molecule is CNC1CC(c2ccc(S(=O)(=O)CC(F)(F)F)cc2)C1C. The third kappa shape index (κ3) is 3.58. The number of sulfone groups is 1. The lowest BCUT2D eigenvalue weighted by molar-refractivity contribution is -0.106. The van der Waals surface area contributed by atoms with Gasteiger partial charge in [0, 0.05) is 6.04 Å². The lowest BCUT2D eigenvalue weighted by atomic mass is 9.67. The number of alkyl halides is 3. The van der Waals surface area contributed by atoms with Crippen LogP contribution in [0.15, 0.2) is 29.2 Å². The highest BCUT2D eigenvalue weighted by molar-refractivity contribution is 7.91. The van der Waals surface area contributed by atoms with Gasteiger partial charge >= 0.3 is 6.18 Å². The Hall–Kier alpha value is -1.08. The molecule has 3 nitrogen and oxygen atoms in total. The summed E-state index contributed by atoms with van der Waals surface area (Å²) in [6.45, 7) is 2.10. The first-order chi connectivity index (χ1) is 9.64. The van der Waals surface area contributed by atoms with Gasteiger partial charge in [0.15, 0.2) is 15.6 Å². The van der Waals surface area contributed by atoms with Crippen LogP contribution in [0.2, 0.25) is 0 Å². The zero-order chi connectivity index (χ0) is 15.8. The van der Waals surface area contributed by atoms with Crippen LogP contribution in [-0.4, -0.2) is 33.4 Å². The Bertz CT molecular complexity index is 596. The number of halogens is 3. The summed E-state index contributed by atoms with van der Waals surface area (Å²) in [5.74, 6) is -1.07. The van der Waals surface area contributed by atoms with Crippen molar-refractivity contribution in [2.45, 2.75) is 36.4 Å². The fourth-order valence-electron chi connectivity index (χ4n) is 2.83. The Labute approximate surface area is 122 Å². The van der Waals surface area contributed by atoms with Crippen LogP contribution in [0.25, 0.3) is 0 Å². The van der Waals surface area contributed by atoms with Gasteiger partial charge in [0.05, 0.1) is 4.90 Å². The maximum atomic E-state index is 12.3. The third-order valence-corrected chi connectivity index (χ3v) is 5.87. The zero-order valence-corrected chi connectivity index (χ0v) is 12.6. The molecule has 2 rings (SSSR count). The van der Waals surface area contributed by atoms with E-state index in [0.717, 1.165) is 12.0 Å². The van der Waals surface area contributed by atoms with Crippen LogP contribution in [0, 0.1) is 5.92 Å². The second kappa shape index (κ2) is 5.61. The topological polar surface area (TPSA) is 46.2 Å². The number of rotatable bonds is 4. The van der Waals surface area contributed by atoms with Crippen molar-refractivity contribution in [3.05, 3.63) is 29.8 Å². The molecule has 7 heteroatoms. The van der Waals surface area contributed by atoms with Crippen molar-refractivity contribution in [3.63, 3.8) is 0 Å². The highest BCUT2D eigenvalue weighted by atomic mass is 32.2. The highest BCUT2D eigenvalue weighted by Crippen LogP contribution is 2.42. The molecule has 1 aliphatic carbocycles. The Morgan fingerprint density at radius 3 is 2.24 bits per heavy atom. The van der Waals surface area contributed by atoms with Gasteiger partial charge < -0.3 is 5.32 Å². The molecule has 0 bridgehead atoms. The average Bonchev–Trinajstić information content (AvgIpc) is 2.35. The van der Waals surface area contributed by atoms with Crippen LogP contribution >= 0.6 is 0 Å². The van der Waals surface area contributed by atoms with Gasteiger partial charge in [-0.05, 0) is 43.0 Å². The standard InChI is InChI=1S/C14H18F3NO2S/c1-9-12(7-13(9)18-2)10-3-5-11(6-4-10)21(19,20)8-14(15,16)17/h3-6,9,12-13,18H,7-8H2,1-2H3. The van der Waals surface area contributed by atoms with Crippen molar-refractivity contribution in [3.8, 4) is 0 Å². The molecule has 1 fully saturated rings. The van der Waals surface area contributed by atoms with Gasteiger partial charge in [-0.1, -0.05) is 19.1 Å². The van der Waals surface area contributed by atoms with E-state index in [9.17, 15) is 21.6 Å². The average molecular weight is 321 g/mol. The van der Waals surface area contributed by atoms with Gasteiger partial charge in [-0.2, -0.15) is 13.2 Å². The molecule has 1 aromatic carbocycles. The summed E-state index contributed by atoms with van der Waals surface area (Å²) in [7, 11) is -2.42. The molecule has 0 heterocycles. The molecule has 3 unspecified atom stereocenters. The van der Waals surface area contributed by atoms with E-state index in [4.69, 9.17) is 0 Å². The monoisotopic (exact) mass is 321 g/mol. The molecular formula is C14H18F3NO2S. The summed E-state index contributed by atoms with van der Waals surface area (Å²) < 4.78 is 60.1. The van der Waals surface area contributed by atoms with Crippen molar-refractivity contribution < 1.29 is 21.6 Å². The van der Waals surface area contributed by atoms with E-state index in [1.165, 1.54) is 12.1 Å². The lowest BCUT2D eigenvalue weighted by Crippen LogP contribution is -2.46. The Kier molecular flexibility index (Phi) is 4.35. The van der Waals surface area contributed by atoms with E-state index in [-0.39, 0.29) is 4.90 Å². The van der Waals surface area contributed by atoms with E-state index < -0.39 is 21.8 Å². The van der Waals surface area contributed by atoms with Crippen LogP contribution in [0.1, 0.15) is 24.8 Å². The molecule has 0 spiro atoms. The van der Waals surface area contributed by atoms with Gasteiger partial charge in [0.2, 0.25) is 0 Å². The van der Waals surface area contributed by atoms with E-state index in [1.807, 2.05) is 7.05 Å². The summed E-state index contributed by atoms with van der Waals surface area (Å²) in [4.78, 5) is -0.277. The van der Waals surface area contributed by atoms with E-state index in [0.29, 0.717) is 17.9 Å². The molecule has 21 heavy (non-hydrogen) atoms. The van der Waals surface area contributed by atoms with Crippen LogP contribution < -0.4 is 5.32 Å². The number of nitrogens with one attached hydrogen (secondary N) is 1. The molecule has 3 atom stereocenters. The molecule has 118 valence electrons. The molecule has 1 aliphatic rings. The van der Waals surface area contributed by atoms with Crippen molar-refractivity contribution in [1.29, 1.82) is 0 Å². The smallest absolute Gasteiger partial charge is 0.317 e. The number of benzene rings is 1. The van der Waals surface area contributed by atoms with Crippen molar-refractivity contribution >= 4 is 9.84 Å². The minimum absolute atomic E-state index is 0.277. The summed E-state index contributed by atoms with van der Waals surface area (Å²) in [5, 5.41) is 3.19. The van der Waals surface area contributed by atoms with Gasteiger partial charge in [-0.3, -0.25) is 0 Å². The molecule has 0 amide bonds. The molecule has 0 aliphatic heterocycles. The molecule has 0 aromatic heterocycles. The van der Waals surface area contributed by atoms with Crippen molar-refractivity contribution in [1.82, 2.24) is 5.32 Å². The Morgan fingerprint density at radius 1 is 1.24 bits per heavy atom. The van der Waals surface area contributed by atoms with Crippen LogP contribution in [0.3, 0.4) is 0 Å². The minimum Gasteiger partial charge on any atom is -0.317 e. The van der Waals surface area contributed by atoms with Gasteiger partial charge in [-0.25, -0.2) is 8.42 Å². The molecule has 1 aromatic rings. The second-order valence-corrected chi connectivity index (χ2v) is 7.53. The van der Waals surface area contributed by atoms with Gasteiger partial charge in [0.25, 0.3) is 0 Å². The quantitative estimate of drug-likeness (QED) is 0.927. The zero-order valence-electron chi connectivity index (χ0n) is 11.8. The molecular weight excluding hydrogens is 303 g/mol. The normalized spacial score (nSPS) is 26.4. The first-order valence-electron chi connectivity index (χ1n) is 6.71. The maximum absolute atomic E-state index is 12.3. The first-order valence-corrected chi connectivity index (χ1v) is 8.36. The van der Waals surface area contributed by atoms with Crippen LogP contribution in [0.5, 0.6) is 0 Å².